The second-order valence-electron chi connectivity index (χ2n) is 3.22. The SMILES string of the molecule is CCC(=O)NCCc1ccc(S(N)(=O)=O)s1. The van der Waals surface area contributed by atoms with Crippen molar-refractivity contribution in [2.45, 2.75) is 24.0 Å². The molecule has 3 N–H and O–H groups in total. The van der Waals surface area contributed by atoms with E-state index in [1.165, 1.54) is 6.07 Å². The molecule has 0 aromatic carbocycles. The summed E-state index contributed by atoms with van der Waals surface area (Å²) in [5.74, 6) is -0.0109. The molecule has 0 fully saturated rings. The van der Waals surface area contributed by atoms with Crippen LogP contribution in [0.1, 0.15) is 18.2 Å². The first-order chi connectivity index (χ1) is 7.43. The lowest BCUT2D eigenvalue weighted by atomic mass is 10.3. The molecular weight excluding hydrogens is 248 g/mol. The summed E-state index contributed by atoms with van der Waals surface area (Å²) in [4.78, 5) is 11.8. The number of nitrogens with one attached hydrogen (secondary N) is 1. The van der Waals surface area contributed by atoms with Gasteiger partial charge in [-0.1, -0.05) is 6.92 Å². The second kappa shape index (κ2) is 5.42. The van der Waals surface area contributed by atoms with Gasteiger partial charge in [0.1, 0.15) is 4.21 Å². The molecule has 1 aromatic heterocycles. The molecule has 5 nitrogen and oxygen atoms in total. The highest BCUT2D eigenvalue weighted by Crippen LogP contribution is 2.20. The van der Waals surface area contributed by atoms with E-state index in [0.717, 1.165) is 16.2 Å². The van der Waals surface area contributed by atoms with Crippen LogP contribution in [-0.2, 0) is 21.2 Å². The molecule has 0 bridgehead atoms. The minimum atomic E-state index is -3.60. The predicted molar refractivity (Wildman–Crippen MR) is 62.7 cm³/mol. The summed E-state index contributed by atoms with van der Waals surface area (Å²) in [6.45, 7) is 2.29. The molecule has 0 spiro atoms. The van der Waals surface area contributed by atoms with Crippen molar-refractivity contribution in [1.29, 1.82) is 0 Å². The number of rotatable bonds is 5. The van der Waals surface area contributed by atoms with E-state index in [4.69, 9.17) is 5.14 Å². The molecule has 1 aromatic rings. The van der Waals surface area contributed by atoms with Crippen molar-refractivity contribution in [3.63, 3.8) is 0 Å². The van der Waals surface area contributed by atoms with Crippen molar-refractivity contribution >= 4 is 27.3 Å². The van der Waals surface area contributed by atoms with Gasteiger partial charge in [0, 0.05) is 17.8 Å². The van der Waals surface area contributed by atoms with Gasteiger partial charge in [0.2, 0.25) is 15.9 Å². The van der Waals surface area contributed by atoms with Gasteiger partial charge in [0.05, 0.1) is 0 Å². The van der Waals surface area contributed by atoms with E-state index in [2.05, 4.69) is 5.32 Å². The first-order valence-electron chi connectivity index (χ1n) is 4.81. The average Bonchev–Trinajstić information content (AvgIpc) is 2.65. The van der Waals surface area contributed by atoms with Gasteiger partial charge in [0.25, 0.3) is 0 Å². The fraction of sp³-hybridized carbons (Fsp3) is 0.444. The predicted octanol–water partition coefficient (Wildman–Crippen LogP) is 0.464. The maximum absolute atomic E-state index is 11.0. The number of thiophene rings is 1. The minimum Gasteiger partial charge on any atom is -0.356 e. The highest BCUT2D eigenvalue weighted by Gasteiger charge is 2.10. The molecule has 1 heterocycles. The van der Waals surface area contributed by atoms with Crippen LogP contribution in [0.25, 0.3) is 0 Å². The van der Waals surface area contributed by atoms with Crippen LogP contribution < -0.4 is 10.5 Å². The van der Waals surface area contributed by atoms with Gasteiger partial charge in [-0.15, -0.1) is 11.3 Å². The maximum Gasteiger partial charge on any atom is 0.247 e. The summed E-state index contributed by atoms with van der Waals surface area (Å²) in [6, 6.07) is 3.19. The minimum absolute atomic E-state index is 0.0109. The molecule has 1 amide bonds. The largest absolute Gasteiger partial charge is 0.356 e. The van der Waals surface area contributed by atoms with Gasteiger partial charge >= 0.3 is 0 Å². The molecule has 0 aliphatic rings. The summed E-state index contributed by atoms with van der Waals surface area (Å²) in [7, 11) is -3.60. The lowest BCUT2D eigenvalue weighted by molar-refractivity contribution is -0.120. The van der Waals surface area contributed by atoms with Crippen molar-refractivity contribution in [1.82, 2.24) is 5.32 Å². The van der Waals surface area contributed by atoms with E-state index in [1.807, 2.05) is 0 Å². The smallest absolute Gasteiger partial charge is 0.247 e. The Morgan fingerprint density at radius 3 is 2.69 bits per heavy atom. The van der Waals surface area contributed by atoms with Crippen LogP contribution in [0.15, 0.2) is 16.3 Å². The van der Waals surface area contributed by atoms with Gasteiger partial charge < -0.3 is 5.32 Å². The molecule has 0 aliphatic carbocycles. The highest BCUT2D eigenvalue weighted by atomic mass is 32.2. The van der Waals surface area contributed by atoms with Crippen molar-refractivity contribution in [2.75, 3.05) is 6.54 Å². The normalized spacial score (nSPS) is 11.4. The maximum atomic E-state index is 11.0. The van der Waals surface area contributed by atoms with Crippen molar-refractivity contribution < 1.29 is 13.2 Å². The van der Waals surface area contributed by atoms with Crippen LogP contribution in [0.5, 0.6) is 0 Å². The molecule has 0 radical (unpaired) electrons. The molecule has 16 heavy (non-hydrogen) atoms. The van der Waals surface area contributed by atoms with Crippen molar-refractivity contribution in [2.24, 2.45) is 5.14 Å². The quantitative estimate of drug-likeness (QED) is 0.808. The van der Waals surface area contributed by atoms with Gasteiger partial charge in [-0.25, -0.2) is 13.6 Å². The average molecular weight is 262 g/mol. The molecule has 0 saturated heterocycles. The summed E-state index contributed by atoms with van der Waals surface area (Å²) in [5, 5.41) is 7.70. The third-order valence-corrected chi connectivity index (χ3v) is 4.52. The van der Waals surface area contributed by atoms with Gasteiger partial charge in [-0.2, -0.15) is 0 Å². The van der Waals surface area contributed by atoms with Crippen molar-refractivity contribution in [3.8, 4) is 0 Å². The van der Waals surface area contributed by atoms with E-state index in [1.54, 1.807) is 13.0 Å². The monoisotopic (exact) mass is 262 g/mol. The number of carbonyl (C=O) groups excluding carboxylic acids is 1. The fourth-order valence-corrected chi connectivity index (χ4v) is 2.87. The zero-order valence-electron chi connectivity index (χ0n) is 8.89. The Balaban J connectivity index is 2.51. The van der Waals surface area contributed by atoms with Crippen LogP contribution in [0, 0.1) is 0 Å². The van der Waals surface area contributed by atoms with E-state index in [9.17, 15) is 13.2 Å². The van der Waals surface area contributed by atoms with Crippen LogP contribution in [-0.4, -0.2) is 20.9 Å². The van der Waals surface area contributed by atoms with E-state index in [0.29, 0.717) is 19.4 Å². The zero-order valence-corrected chi connectivity index (χ0v) is 10.5. The number of amides is 1. The van der Waals surface area contributed by atoms with E-state index in [-0.39, 0.29) is 10.1 Å². The number of nitrogens with two attached hydrogens (primary N) is 1. The number of primary sulfonamides is 1. The standard InChI is InChI=1S/C9H14N2O3S2/c1-2-8(12)11-6-5-7-3-4-9(15-7)16(10,13)14/h3-4H,2,5-6H2,1H3,(H,11,12)(H2,10,13,14). The molecule has 90 valence electrons. The molecule has 1 rings (SSSR count). The third kappa shape index (κ3) is 3.92. The topological polar surface area (TPSA) is 89.3 Å². The number of sulfonamides is 1. The Labute approximate surface area is 98.7 Å². The number of hydrogen-bond acceptors (Lipinski definition) is 4. The van der Waals surface area contributed by atoms with Crippen LogP contribution >= 0.6 is 11.3 Å². The van der Waals surface area contributed by atoms with Crippen LogP contribution in [0.4, 0.5) is 0 Å². The lowest BCUT2D eigenvalue weighted by Gasteiger charge is -2.00. The summed E-state index contributed by atoms with van der Waals surface area (Å²) in [6.07, 6.45) is 1.07. The molecule has 0 unspecified atom stereocenters. The van der Waals surface area contributed by atoms with Gasteiger partial charge in [0.15, 0.2) is 0 Å². The highest BCUT2D eigenvalue weighted by molar-refractivity contribution is 7.91. The van der Waals surface area contributed by atoms with Gasteiger partial charge in [-0.3, -0.25) is 4.79 Å². The Hall–Kier alpha value is -0.920. The fourth-order valence-electron chi connectivity index (χ4n) is 1.10. The summed E-state index contributed by atoms with van der Waals surface area (Å²) in [5.41, 5.74) is 0. The summed E-state index contributed by atoms with van der Waals surface area (Å²) >= 11 is 1.13. The van der Waals surface area contributed by atoms with Crippen molar-refractivity contribution in [3.05, 3.63) is 17.0 Å². The first kappa shape index (κ1) is 13.1. The molecule has 7 heteroatoms. The Kier molecular flexibility index (Phi) is 4.45. The Morgan fingerprint density at radius 1 is 1.50 bits per heavy atom. The zero-order chi connectivity index (χ0) is 12.2. The Bertz CT molecular complexity index is 465. The van der Waals surface area contributed by atoms with Crippen LogP contribution in [0.2, 0.25) is 0 Å². The summed E-state index contributed by atoms with van der Waals surface area (Å²) < 4.78 is 22.1. The number of hydrogen-bond donors (Lipinski definition) is 2. The molecular formula is C9H14N2O3S2. The lowest BCUT2D eigenvalue weighted by Crippen LogP contribution is -2.24. The number of carbonyl (C=O) groups is 1. The van der Waals surface area contributed by atoms with Crippen LogP contribution in [0.3, 0.4) is 0 Å². The van der Waals surface area contributed by atoms with E-state index < -0.39 is 10.0 Å². The second-order valence-corrected chi connectivity index (χ2v) is 6.18. The first-order valence-corrected chi connectivity index (χ1v) is 7.18. The third-order valence-electron chi connectivity index (χ3n) is 1.93. The van der Waals surface area contributed by atoms with E-state index >= 15 is 0 Å². The Morgan fingerprint density at radius 2 is 2.19 bits per heavy atom. The molecule has 0 saturated carbocycles. The molecule has 0 atom stereocenters. The van der Waals surface area contributed by atoms with Gasteiger partial charge in [-0.05, 0) is 18.6 Å². The molecule has 0 aliphatic heterocycles.